The summed E-state index contributed by atoms with van der Waals surface area (Å²) in [4.78, 5) is 38.4. The largest absolute Gasteiger partial charge is 0.477 e. The van der Waals surface area contributed by atoms with Gasteiger partial charge >= 0.3 is 11.9 Å². The molecule has 0 spiro atoms. The first-order chi connectivity index (χ1) is 15.8. The molecule has 2 heterocycles. The minimum atomic E-state index is -3.60. The molecule has 2 rings (SSSR count). The van der Waals surface area contributed by atoms with Crippen LogP contribution in [-0.4, -0.2) is 64.5 Å². The maximum atomic E-state index is 11.6. The van der Waals surface area contributed by atoms with Gasteiger partial charge in [-0.15, -0.1) is 0 Å². The Labute approximate surface area is 204 Å². The minimum absolute atomic E-state index is 0.249. The second kappa shape index (κ2) is 13.3. The van der Waals surface area contributed by atoms with E-state index in [1.807, 2.05) is 20.1 Å². The van der Waals surface area contributed by atoms with E-state index in [0.29, 0.717) is 35.5 Å². The standard InChI is InChI=1S/C12H18N2O2S.C10H14N2O4S/c1-5-16-11(15)10-7-9(6-8(2)3)13-12(14-10)17-4;1-6(2)4-7-5-8(9(13)14)12-10(11-7)17(3,15)16/h7-8H,5-6H2,1-4H3;5-6H,4H2,1-3H3,(H,13,14). The number of hydrogen-bond donors (Lipinski definition) is 1. The Balaban J connectivity index is 0.000000340. The van der Waals surface area contributed by atoms with Crippen molar-refractivity contribution >= 4 is 33.5 Å². The molecule has 0 aromatic carbocycles. The zero-order valence-corrected chi connectivity index (χ0v) is 22.2. The molecule has 0 atom stereocenters. The third-order valence-corrected chi connectivity index (χ3v) is 5.36. The normalized spacial score (nSPS) is 11.2. The van der Waals surface area contributed by atoms with Crippen LogP contribution in [0.1, 0.15) is 67.0 Å². The molecule has 0 unspecified atom stereocenters. The van der Waals surface area contributed by atoms with E-state index in [1.165, 1.54) is 17.8 Å². The molecule has 2 aromatic rings. The van der Waals surface area contributed by atoms with Crippen LogP contribution in [0.5, 0.6) is 0 Å². The molecule has 0 radical (unpaired) electrons. The second-order valence-electron chi connectivity index (χ2n) is 8.25. The second-order valence-corrected chi connectivity index (χ2v) is 10.9. The number of carboxylic acid groups (broad SMARTS) is 1. The van der Waals surface area contributed by atoms with E-state index < -0.39 is 21.0 Å². The van der Waals surface area contributed by atoms with Gasteiger partial charge in [-0.05, 0) is 50.0 Å². The lowest BCUT2D eigenvalue weighted by atomic mass is 10.1. The van der Waals surface area contributed by atoms with Gasteiger partial charge in [0.15, 0.2) is 16.5 Å². The lowest BCUT2D eigenvalue weighted by Gasteiger charge is -2.08. The molecule has 0 aliphatic heterocycles. The summed E-state index contributed by atoms with van der Waals surface area (Å²) < 4.78 is 27.6. The number of carboxylic acids is 1. The van der Waals surface area contributed by atoms with Crippen LogP contribution in [0.3, 0.4) is 0 Å². The Hall–Kier alpha value is -2.60. The van der Waals surface area contributed by atoms with Gasteiger partial charge in [0.2, 0.25) is 15.0 Å². The Morgan fingerprint density at radius 3 is 1.94 bits per heavy atom. The molecule has 0 saturated carbocycles. The predicted molar refractivity (Wildman–Crippen MR) is 129 cm³/mol. The highest BCUT2D eigenvalue weighted by Gasteiger charge is 2.17. The topological polar surface area (TPSA) is 149 Å². The third-order valence-electron chi connectivity index (χ3n) is 3.97. The van der Waals surface area contributed by atoms with Crippen molar-refractivity contribution in [2.45, 2.75) is 57.8 Å². The Morgan fingerprint density at radius 1 is 0.971 bits per heavy atom. The molecule has 0 fully saturated rings. The Kier molecular flexibility index (Phi) is 11.5. The number of rotatable bonds is 9. The van der Waals surface area contributed by atoms with Crippen LogP contribution in [-0.2, 0) is 27.4 Å². The van der Waals surface area contributed by atoms with Crippen LogP contribution < -0.4 is 0 Å². The van der Waals surface area contributed by atoms with Gasteiger partial charge in [-0.2, -0.15) is 0 Å². The number of esters is 1. The number of carbonyl (C=O) groups excluding carboxylic acids is 1. The first kappa shape index (κ1) is 29.4. The van der Waals surface area contributed by atoms with Crippen molar-refractivity contribution < 1.29 is 27.9 Å². The fraction of sp³-hybridized carbons (Fsp3) is 0.545. The molecule has 188 valence electrons. The average molecular weight is 513 g/mol. The molecule has 10 nitrogen and oxygen atoms in total. The molecular formula is C22H32N4O6S2. The summed E-state index contributed by atoms with van der Waals surface area (Å²) in [5.41, 5.74) is 1.37. The summed E-state index contributed by atoms with van der Waals surface area (Å²) in [6, 6.07) is 3.02. The average Bonchev–Trinajstić information content (AvgIpc) is 2.72. The smallest absolute Gasteiger partial charge is 0.357 e. The summed E-state index contributed by atoms with van der Waals surface area (Å²) in [5, 5.41) is 9.03. The molecule has 1 N–H and O–H groups in total. The Bertz CT molecular complexity index is 1100. The number of aromatic carboxylic acids is 1. The predicted octanol–water partition coefficient (Wildman–Crippen LogP) is 3.35. The highest BCUT2D eigenvalue weighted by atomic mass is 32.2. The van der Waals surface area contributed by atoms with Crippen molar-refractivity contribution in [2.75, 3.05) is 19.1 Å². The molecule has 0 aliphatic rings. The fourth-order valence-corrected chi connectivity index (χ4v) is 3.61. The highest BCUT2D eigenvalue weighted by Crippen LogP contribution is 2.14. The number of aromatic nitrogens is 4. The van der Waals surface area contributed by atoms with Crippen molar-refractivity contribution in [3.05, 3.63) is 34.9 Å². The lowest BCUT2D eigenvalue weighted by Crippen LogP contribution is -2.12. The number of ether oxygens (including phenoxy) is 1. The van der Waals surface area contributed by atoms with Gasteiger partial charge in [0.05, 0.1) is 6.61 Å². The lowest BCUT2D eigenvalue weighted by molar-refractivity contribution is 0.0517. The summed E-state index contributed by atoms with van der Waals surface area (Å²) in [5.74, 6) is -0.897. The van der Waals surface area contributed by atoms with Crippen LogP contribution in [0.4, 0.5) is 0 Å². The van der Waals surface area contributed by atoms with Gasteiger partial charge in [0.1, 0.15) is 0 Å². The van der Waals surface area contributed by atoms with Gasteiger partial charge in [-0.3, -0.25) is 0 Å². The van der Waals surface area contributed by atoms with Gasteiger partial charge in [0, 0.05) is 17.6 Å². The van der Waals surface area contributed by atoms with E-state index in [-0.39, 0.29) is 17.6 Å². The van der Waals surface area contributed by atoms with Crippen molar-refractivity contribution in [1.82, 2.24) is 19.9 Å². The maximum absolute atomic E-state index is 11.6. The summed E-state index contributed by atoms with van der Waals surface area (Å²) in [7, 11) is -3.60. The third kappa shape index (κ3) is 10.1. The van der Waals surface area contributed by atoms with Gasteiger partial charge in [-0.1, -0.05) is 39.5 Å². The number of carbonyl (C=O) groups is 2. The van der Waals surface area contributed by atoms with E-state index in [4.69, 9.17) is 9.84 Å². The SMILES string of the molecule is CC(C)Cc1cc(C(=O)O)nc(S(C)(=O)=O)n1.CCOC(=O)c1cc(CC(C)C)nc(SC)n1. The van der Waals surface area contributed by atoms with Gasteiger partial charge < -0.3 is 9.84 Å². The summed E-state index contributed by atoms with van der Waals surface area (Å²) in [6.07, 6.45) is 4.18. The molecular weight excluding hydrogens is 480 g/mol. The molecule has 12 heteroatoms. The monoisotopic (exact) mass is 512 g/mol. The molecule has 34 heavy (non-hydrogen) atoms. The van der Waals surface area contributed by atoms with Crippen LogP contribution in [0, 0.1) is 11.8 Å². The maximum Gasteiger partial charge on any atom is 0.357 e. The van der Waals surface area contributed by atoms with Crippen molar-refractivity contribution in [2.24, 2.45) is 11.8 Å². The fourth-order valence-electron chi connectivity index (χ4n) is 2.67. The minimum Gasteiger partial charge on any atom is -0.477 e. The molecule has 0 amide bonds. The zero-order valence-electron chi connectivity index (χ0n) is 20.5. The van der Waals surface area contributed by atoms with Crippen molar-refractivity contribution in [1.29, 1.82) is 0 Å². The van der Waals surface area contributed by atoms with Crippen LogP contribution in [0.25, 0.3) is 0 Å². The van der Waals surface area contributed by atoms with Crippen LogP contribution >= 0.6 is 11.8 Å². The number of hydrogen-bond acceptors (Lipinski definition) is 10. The van der Waals surface area contributed by atoms with E-state index in [2.05, 4.69) is 33.8 Å². The van der Waals surface area contributed by atoms with E-state index in [0.717, 1.165) is 18.4 Å². The first-order valence-corrected chi connectivity index (χ1v) is 13.8. The molecule has 0 saturated heterocycles. The van der Waals surface area contributed by atoms with Gasteiger partial charge in [-0.25, -0.2) is 37.9 Å². The highest BCUT2D eigenvalue weighted by molar-refractivity contribution is 7.98. The summed E-state index contributed by atoms with van der Waals surface area (Å²) in [6.45, 7) is 10.2. The van der Waals surface area contributed by atoms with E-state index >= 15 is 0 Å². The quantitative estimate of drug-likeness (QED) is 0.299. The van der Waals surface area contributed by atoms with Crippen LogP contribution in [0.2, 0.25) is 0 Å². The van der Waals surface area contributed by atoms with E-state index in [1.54, 1.807) is 13.0 Å². The number of nitrogens with zero attached hydrogens (tertiary/aromatic N) is 4. The zero-order chi connectivity index (χ0) is 26.1. The number of thioether (sulfide) groups is 1. The first-order valence-electron chi connectivity index (χ1n) is 10.7. The Morgan fingerprint density at radius 2 is 1.50 bits per heavy atom. The van der Waals surface area contributed by atoms with Crippen LogP contribution in [0.15, 0.2) is 22.4 Å². The van der Waals surface area contributed by atoms with Crippen molar-refractivity contribution in [3.63, 3.8) is 0 Å². The van der Waals surface area contributed by atoms with Gasteiger partial charge in [0.25, 0.3) is 0 Å². The molecule has 0 bridgehead atoms. The molecule has 2 aromatic heterocycles. The van der Waals surface area contributed by atoms with Crippen molar-refractivity contribution in [3.8, 4) is 0 Å². The summed E-state index contributed by atoms with van der Waals surface area (Å²) >= 11 is 1.43. The number of sulfone groups is 1. The van der Waals surface area contributed by atoms with E-state index in [9.17, 15) is 18.0 Å². The molecule has 0 aliphatic carbocycles.